The first kappa shape index (κ1) is 20.5. The number of halogens is 3. The molecule has 1 heterocycles. The third kappa shape index (κ3) is 4.43. The van der Waals surface area contributed by atoms with Crippen LogP contribution < -0.4 is 5.32 Å². The second-order valence-electron chi connectivity index (χ2n) is 6.22. The van der Waals surface area contributed by atoms with Crippen LogP contribution in [0.3, 0.4) is 0 Å². The van der Waals surface area contributed by atoms with Crippen LogP contribution in [0.1, 0.15) is 11.1 Å². The third-order valence-corrected chi connectivity index (χ3v) is 4.56. The van der Waals surface area contributed by atoms with Crippen LogP contribution in [0.15, 0.2) is 66.8 Å². The van der Waals surface area contributed by atoms with E-state index in [9.17, 15) is 22.8 Å². The lowest BCUT2D eigenvalue weighted by Crippen LogP contribution is -2.53. The molecular weight excluding hydrogens is 401 g/mol. The predicted octanol–water partition coefficient (Wildman–Crippen LogP) is 4.19. The molecule has 0 aromatic heterocycles. The van der Waals surface area contributed by atoms with E-state index in [-0.39, 0.29) is 17.2 Å². The molecule has 2 aromatic carbocycles. The monoisotopic (exact) mass is 416 g/mol. The molecule has 0 saturated carbocycles. The maximum Gasteiger partial charge on any atom is 0.416 e. The Balaban J connectivity index is 1.93. The number of amides is 2. The molecule has 0 aliphatic carbocycles. The molecule has 4 nitrogen and oxygen atoms in total. The summed E-state index contributed by atoms with van der Waals surface area (Å²) in [5.41, 5.74) is 0.946. The average Bonchev–Trinajstić information content (AvgIpc) is 2.68. The first-order chi connectivity index (χ1) is 13.7. The zero-order valence-corrected chi connectivity index (χ0v) is 15.8. The van der Waals surface area contributed by atoms with Crippen molar-refractivity contribution in [3.8, 4) is 11.1 Å². The Bertz CT molecular complexity index is 1030. The van der Waals surface area contributed by atoms with Crippen molar-refractivity contribution in [2.75, 3.05) is 6.54 Å². The fourth-order valence-corrected chi connectivity index (χ4v) is 3.07. The van der Waals surface area contributed by atoms with Crippen LogP contribution in [-0.4, -0.2) is 28.4 Å². The fourth-order valence-electron chi connectivity index (χ4n) is 2.82. The maximum absolute atomic E-state index is 12.7. The van der Waals surface area contributed by atoms with Crippen molar-refractivity contribution in [3.63, 3.8) is 0 Å². The van der Waals surface area contributed by atoms with E-state index in [2.05, 4.69) is 11.9 Å². The van der Waals surface area contributed by atoms with Crippen LogP contribution in [0, 0.1) is 0 Å². The summed E-state index contributed by atoms with van der Waals surface area (Å²) in [6.07, 6.45) is -1.50. The van der Waals surface area contributed by atoms with Gasteiger partial charge < -0.3 is 0 Å². The minimum atomic E-state index is -4.41. The molecule has 0 bridgehead atoms. The van der Waals surface area contributed by atoms with E-state index < -0.39 is 23.6 Å². The van der Waals surface area contributed by atoms with E-state index in [4.69, 9.17) is 12.2 Å². The number of nitrogens with zero attached hydrogens (tertiary/aromatic N) is 1. The largest absolute Gasteiger partial charge is 0.416 e. The van der Waals surface area contributed by atoms with Crippen LogP contribution in [0.2, 0.25) is 0 Å². The molecule has 1 fully saturated rings. The molecule has 0 unspecified atom stereocenters. The number of benzene rings is 2. The first-order valence-electron chi connectivity index (χ1n) is 8.48. The van der Waals surface area contributed by atoms with Gasteiger partial charge in [-0.2, -0.15) is 13.2 Å². The molecule has 1 N–H and O–H groups in total. The molecule has 148 valence electrons. The summed E-state index contributed by atoms with van der Waals surface area (Å²) < 4.78 is 38.2. The lowest BCUT2D eigenvalue weighted by molar-refractivity contribution is -0.137. The highest BCUT2D eigenvalue weighted by atomic mass is 32.1. The Morgan fingerprint density at radius 3 is 2.38 bits per heavy atom. The topological polar surface area (TPSA) is 49.4 Å². The number of thiocarbonyl (C=S) groups is 1. The number of carbonyl (C=O) groups excluding carboxylic acids is 2. The van der Waals surface area contributed by atoms with E-state index in [1.807, 2.05) is 0 Å². The zero-order valence-electron chi connectivity index (χ0n) is 15.0. The number of carbonyl (C=O) groups is 2. The molecule has 2 aromatic rings. The summed E-state index contributed by atoms with van der Waals surface area (Å²) in [5.74, 6) is -1.15. The average molecular weight is 416 g/mol. The van der Waals surface area contributed by atoms with Crippen molar-refractivity contribution in [1.29, 1.82) is 0 Å². The molecule has 1 aliphatic heterocycles. The highest BCUT2D eigenvalue weighted by Gasteiger charge is 2.32. The van der Waals surface area contributed by atoms with Gasteiger partial charge >= 0.3 is 6.18 Å². The normalized spacial score (nSPS) is 16.2. The van der Waals surface area contributed by atoms with Crippen molar-refractivity contribution in [2.45, 2.75) is 6.18 Å². The summed E-state index contributed by atoms with van der Waals surface area (Å²) in [4.78, 5) is 26.0. The standard InChI is InChI=1S/C21H15F3N2O2S/c1-2-10-26-19(28)17(18(27)25-20(26)29)12-13-4-3-5-15(11-13)14-6-8-16(9-7-14)21(22,23)24/h2-9,11-12H,1,10H2,(H,25,27,29)/b17-12+. The first-order valence-corrected chi connectivity index (χ1v) is 8.89. The number of alkyl halides is 3. The molecule has 29 heavy (non-hydrogen) atoms. The van der Waals surface area contributed by atoms with Crippen LogP contribution in [0.4, 0.5) is 13.2 Å². The SMILES string of the molecule is C=CCN1C(=O)/C(=C/c2cccc(-c3ccc(C(F)(F)F)cc3)c2)C(=O)NC1=S. The van der Waals surface area contributed by atoms with Crippen LogP contribution >= 0.6 is 12.2 Å². The van der Waals surface area contributed by atoms with Gasteiger partial charge in [0.25, 0.3) is 11.8 Å². The summed E-state index contributed by atoms with van der Waals surface area (Å²) >= 11 is 5.00. The van der Waals surface area contributed by atoms with Gasteiger partial charge in [-0.3, -0.25) is 19.8 Å². The molecule has 0 atom stereocenters. The van der Waals surface area contributed by atoms with Crippen molar-refractivity contribution in [2.24, 2.45) is 0 Å². The second kappa shape index (κ2) is 8.00. The van der Waals surface area contributed by atoms with E-state index >= 15 is 0 Å². The van der Waals surface area contributed by atoms with Gasteiger partial charge in [0.2, 0.25) is 0 Å². The molecule has 2 amide bonds. The Labute approximate surface area is 170 Å². The third-order valence-electron chi connectivity index (χ3n) is 4.24. The smallest absolute Gasteiger partial charge is 0.298 e. The molecule has 8 heteroatoms. The lowest BCUT2D eigenvalue weighted by Gasteiger charge is -2.27. The van der Waals surface area contributed by atoms with Gasteiger partial charge in [0.1, 0.15) is 5.57 Å². The summed E-state index contributed by atoms with van der Waals surface area (Å²) in [5, 5.41) is 2.47. The molecule has 0 spiro atoms. The van der Waals surface area contributed by atoms with Gasteiger partial charge in [0.15, 0.2) is 5.11 Å². The van der Waals surface area contributed by atoms with Crippen molar-refractivity contribution >= 4 is 35.2 Å². The Morgan fingerprint density at radius 1 is 1.07 bits per heavy atom. The zero-order chi connectivity index (χ0) is 21.2. The van der Waals surface area contributed by atoms with Gasteiger partial charge in [-0.1, -0.05) is 36.4 Å². The van der Waals surface area contributed by atoms with Crippen molar-refractivity contribution in [1.82, 2.24) is 10.2 Å². The highest BCUT2D eigenvalue weighted by Crippen LogP contribution is 2.31. The fraction of sp³-hybridized carbons (Fsp3) is 0.0952. The van der Waals surface area contributed by atoms with Gasteiger partial charge in [0.05, 0.1) is 5.56 Å². The van der Waals surface area contributed by atoms with Gasteiger partial charge in [-0.15, -0.1) is 6.58 Å². The predicted molar refractivity (Wildman–Crippen MR) is 108 cm³/mol. The number of nitrogens with one attached hydrogen (secondary N) is 1. The number of rotatable bonds is 4. The van der Waals surface area contributed by atoms with Crippen LogP contribution in [-0.2, 0) is 15.8 Å². The van der Waals surface area contributed by atoms with E-state index in [0.29, 0.717) is 16.7 Å². The van der Waals surface area contributed by atoms with Crippen LogP contribution in [0.5, 0.6) is 0 Å². The molecule has 3 rings (SSSR count). The molecular formula is C21H15F3N2O2S. The quantitative estimate of drug-likeness (QED) is 0.352. The number of hydrogen-bond acceptors (Lipinski definition) is 3. The summed E-state index contributed by atoms with van der Waals surface area (Å²) in [6.45, 7) is 3.72. The van der Waals surface area contributed by atoms with E-state index in [0.717, 1.165) is 12.1 Å². The van der Waals surface area contributed by atoms with Crippen molar-refractivity contribution in [3.05, 3.63) is 77.9 Å². The second-order valence-corrected chi connectivity index (χ2v) is 6.61. The summed E-state index contributed by atoms with van der Waals surface area (Å²) in [7, 11) is 0. The van der Waals surface area contributed by atoms with Gasteiger partial charge in [0, 0.05) is 6.54 Å². The Hall–Kier alpha value is -3.26. The minimum Gasteiger partial charge on any atom is -0.298 e. The van der Waals surface area contributed by atoms with Crippen molar-refractivity contribution < 1.29 is 22.8 Å². The Morgan fingerprint density at radius 2 is 1.76 bits per heavy atom. The van der Waals surface area contributed by atoms with E-state index in [1.54, 1.807) is 24.3 Å². The molecule has 0 radical (unpaired) electrons. The van der Waals surface area contributed by atoms with E-state index in [1.165, 1.54) is 29.2 Å². The minimum absolute atomic E-state index is 0.00977. The number of hydrogen-bond donors (Lipinski definition) is 1. The molecule has 1 saturated heterocycles. The van der Waals surface area contributed by atoms with Crippen LogP contribution in [0.25, 0.3) is 17.2 Å². The maximum atomic E-state index is 12.7. The summed E-state index contributed by atoms with van der Waals surface area (Å²) in [6, 6.07) is 11.5. The van der Waals surface area contributed by atoms with Gasteiger partial charge in [-0.05, 0) is 53.2 Å². The van der Waals surface area contributed by atoms with Gasteiger partial charge in [-0.25, -0.2) is 0 Å². The molecule has 1 aliphatic rings. The Kier molecular flexibility index (Phi) is 5.65. The lowest BCUT2D eigenvalue weighted by atomic mass is 10.00. The highest BCUT2D eigenvalue weighted by molar-refractivity contribution is 7.80.